The maximum Gasteiger partial charge on any atom is 0.238 e. The molecule has 1 amide bonds. The van der Waals surface area contributed by atoms with Gasteiger partial charge in [0.25, 0.3) is 0 Å². The van der Waals surface area contributed by atoms with Gasteiger partial charge in [0, 0.05) is 42.5 Å². The number of sulfonamides is 1. The van der Waals surface area contributed by atoms with Crippen LogP contribution in [0.2, 0.25) is 0 Å². The number of carbonyl (C=O) groups excluding carboxylic acids is 1. The first kappa shape index (κ1) is 26.8. The van der Waals surface area contributed by atoms with Crippen molar-refractivity contribution in [3.05, 3.63) is 57.8 Å². The van der Waals surface area contributed by atoms with Crippen molar-refractivity contribution in [2.45, 2.75) is 39.8 Å². The first-order valence-electron chi connectivity index (χ1n) is 12.0. The fourth-order valence-corrected chi connectivity index (χ4v) is 6.38. The number of thiophene rings is 1. The van der Waals surface area contributed by atoms with E-state index in [1.54, 1.807) is 16.2 Å². The number of carbonyl (C=O) groups is 1. The van der Waals surface area contributed by atoms with Crippen LogP contribution in [0.4, 0.5) is 0 Å². The van der Waals surface area contributed by atoms with Gasteiger partial charge in [-0.2, -0.15) is 4.31 Å². The number of amides is 1. The SMILES string of the molecule is CCCCS(=O)(=O)N(CCN1CCOCC1)CC(=O)N(Cc1ccccc1)Cc1ccc(C)s1. The number of hydrogen-bond acceptors (Lipinski definition) is 6. The van der Waals surface area contributed by atoms with Gasteiger partial charge in [-0.05, 0) is 31.0 Å². The van der Waals surface area contributed by atoms with Gasteiger partial charge in [0.15, 0.2) is 0 Å². The molecule has 7 nitrogen and oxygen atoms in total. The van der Waals surface area contributed by atoms with Crippen LogP contribution in [0.3, 0.4) is 0 Å². The molecular weight excluding hydrogens is 470 g/mol. The van der Waals surface area contributed by atoms with E-state index in [4.69, 9.17) is 4.74 Å². The second-order valence-electron chi connectivity index (χ2n) is 8.70. The van der Waals surface area contributed by atoms with Crippen molar-refractivity contribution in [1.82, 2.24) is 14.1 Å². The Bertz CT molecular complexity index is 989. The first-order chi connectivity index (χ1) is 16.4. The zero-order valence-corrected chi connectivity index (χ0v) is 22.0. The summed E-state index contributed by atoms with van der Waals surface area (Å²) in [5.74, 6) is -0.0974. The minimum Gasteiger partial charge on any atom is -0.379 e. The monoisotopic (exact) mass is 507 g/mol. The van der Waals surface area contributed by atoms with Crippen molar-refractivity contribution in [2.75, 3.05) is 51.7 Å². The standard InChI is InChI=1S/C25H37N3O4S2/c1-3-4-18-34(30,31)28(13-12-26-14-16-32-17-15-26)21-25(29)27(19-23-8-6-5-7-9-23)20-24-11-10-22(2)33-24/h5-11H,3-4,12-21H2,1-2H3. The highest BCUT2D eigenvalue weighted by atomic mass is 32.2. The summed E-state index contributed by atoms with van der Waals surface area (Å²) in [7, 11) is -3.52. The van der Waals surface area contributed by atoms with E-state index in [2.05, 4.69) is 11.0 Å². The van der Waals surface area contributed by atoms with Crippen LogP contribution >= 0.6 is 11.3 Å². The first-order valence-corrected chi connectivity index (χ1v) is 14.4. The van der Waals surface area contributed by atoms with Gasteiger partial charge in [0.05, 0.1) is 32.1 Å². The summed E-state index contributed by atoms with van der Waals surface area (Å²) in [6.45, 7) is 8.62. The van der Waals surface area contributed by atoms with E-state index >= 15 is 0 Å². The molecule has 3 rings (SSSR count). The summed E-state index contributed by atoms with van der Waals surface area (Å²) in [6.07, 6.45) is 1.38. The highest BCUT2D eigenvalue weighted by Gasteiger charge is 2.27. The van der Waals surface area contributed by atoms with Gasteiger partial charge in [-0.3, -0.25) is 9.69 Å². The molecule has 0 radical (unpaired) electrons. The van der Waals surface area contributed by atoms with Gasteiger partial charge in [-0.25, -0.2) is 8.42 Å². The largest absolute Gasteiger partial charge is 0.379 e. The van der Waals surface area contributed by atoms with Crippen LogP contribution in [0, 0.1) is 6.92 Å². The number of ether oxygens (including phenoxy) is 1. The Morgan fingerprint density at radius 2 is 1.82 bits per heavy atom. The van der Waals surface area contributed by atoms with Crippen LogP contribution in [0.15, 0.2) is 42.5 Å². The Labute approximate surface area is 208 Å². The lowest BCUT2D eigenvalue weighted by atomic mass is 10.2. The van der Waals surface area contributed by atoms with Crippen LogP contribution in [0.1, 0.15) is 35.1 Å². The predicted molar refractivity (Wildman–Crippen MR) is 137 cm³/mol. The molecule has 0 N–H and O–H groups in total. The zero-order chi connectivity index (χ0) is 24.4. The topological polar surface area (TPSA) is 70.2 Å². The van der Waals surface area contributed by atoms with Crippen LogP contribution < -0.4 is 0 Å². The maximum absolute atomic E-state index is 13.5. The average Bonchev–Trinajstić information content (AvgIpc) is 3.25. The third kappa shape index (κ3) is 8.46. The molecule has 0 bridgehead atoms. The quantitative estimate of drug-likeness (QED) is 0.416. The van der Waals surface area contributed by atoms with E-state index in [0.717, 1.165) is 30.0 Å². The average molecular weight is 508 g/mol. The summed E-state index contributed by atoms with van der Waals surface area (Å²) in [5, 5.41) is 0. The third-order valence-corrected chi connectivity index (χ3v) is 8.83. The molecule has 34 heavy (non-hydrogen) atoms. The van der Waals surface area contributed by atoms with Gasteiger partial charge >= 0.3 is 0 Å². The number of aryl methyl sites for hydroxylation is 1. The molecule has 1 aliphatic heterocycles. The third-order valence-electron chi connectivity index (χ3n) is 5.94. The fraction of sp³-hybridized carbons (Fsp3) is 0.560. The van der Waals surface area contributed by atoms with E-state index in [1.807, 2.05) is 50.2 Å². The molecule has 0 saturated carbocycles. The molecule has 2 heterocycles. The molecule has 1 aliphatic rings. The predicted octanol–water partition coefficient (Wildman–Crippen LogP) is 3.35. The molecule has 0 aliphatic carbocycles. The molecule has 9 heteroatoms. The normalized spacial score (nSPS) is 15.0. The van der Waals surface area contributed by atoms with Gasteiger partial charge in [0.2, 0.25) is 15.9 Å². The van der Waals surface area contributed by atoms with Crippen LogP contribution in [-0.4, -0.2) is 80.1 Å². The van der Waals surface area contributed by atoms with E-state index < -0.39 is 10.0 Å². The summed E-state index contributed by atoms with van der Waals surface area (Å²) >= 11 is 1.66. The van der Waals surface area contributed by atoms with Gasteiger partial charge < -0.3 is 9.64 Å². The lowest BCUT2D eigenvalue weighted by molar-refractivity contribution is -0.132. The van der Waals surface area contributed by atoms with Gasteiger partial charge in [0.1, 0.15) is 0 Å². The molecule has 2 aromatic rings. The Hall–Kier alpha value is -1.78. The summed E-state index contributed by atoms with van der Waals surface area (Å²) in [4.78, 5) is 19.8. The van der Waals surface area contributed by atoms with Crippen molar-refractivity contribution in [2.24, 2.45) is 0 Å². The molecule has 1 fully saturated rings. The van der Waals surface area contributed by atoms with Crippen LogP contribution in [0.25, 0.3) is 0 Å². The second-order valence-corrected chi connectivity index (χ2v) is 12.2. The Morgan fingerprint density at radius 1 is 1.09 bits per heavy atom. The van der Waals surface area contributed by atoms with Crippen molar-refractivity contribution in [1.29, 1.82) is 0 Å². The van der Waals surface area contributed by atoms with Crippen molar-refractivity contribution < 1.29 is 17.9 Å². The zero-order valence-electron chi connectivity index (χ0n) is 20.3. The van der Waals surface area contributed by atoms with Gasteiger partial charge in [-0.15, -0.1) is 11.3 Å². The highest BCUT2D eigenvalue weighted by molar-refractivity contribution is 7.89. The van der Waals surface area contributed by atoms with Crippen molar-refractivity contribution >= 4 is 27.3 Å². The maximum atomic E-state index is 13.5. The number of unbranched alkanes of at least 4 members (excludes halogenated alkanes) is 1. The molecule has 0 atom stereocenters. The molecular formula is C25H37N3O4S2. The minimum absolute atomic E-state index is 0.0721. The van der Waals surface area contributed by atoms with Crippen LogP contribution in [0.5, 0.6) is 0 Å². The fourth-order valence-electron chi connectivity index (χ4n) is 3.90. The Balaban J connectivity index is 1.75. The number of hydrogen-bond donors (Lipinski definition) is 0. The highest BCUT2D eigenvalue weighted by Crippen LogP contribution is 2.19. The molecule has 0 unspecified atom stereocenters. The van der Waals surface area contributed by atoms with Crippen molar-refractivity contribution in [3.8, 4) is 0 Å². The van der Waals surface area contributed by atoms with E-state index in [0.29, 0.717) is 45.8 Å². The van der Waals surface area contributed by atoms with E-state index in [9.17, 15) is 13.2 Å². The Kier molecular flexibility index (Phi) is 10.5. The smallest absolute Gasteiger partial charge is 0.238 e. The van der Waals surface area contributed by atoms with Crippen LogP contribution in [-0.2, 0) is 32.6 Å². The summed E-state index contributed by atoms with van der Waals surface area (Å²) in [6, 6.07) is 13.9. The molecule has 1 saturated heterocycles. The second kappa shape index (κ2) is 13.3. The number of nitrogens with zero attached hydrogens (tertiary/aromatic N) is 3. The summed E-state index contributed by atoms with van der Waals surface area (Å²) < 4.78 is 33.1. The number of rotatable bonds is 13. The van der Waals surface area contributed by atoms with Gasteiger partial charge in [-0.1, -0.05) is 43.7 Å². The summed E-state index contributed by atoms with van der Waals surface area (Å²) in [5.41, 5.74) is 1.03. The molecule has 0 spiro atoms. The van der Waals surface area contributed by atoms with Crippen molar-refractivity contribution in [3.63, 3.8) is 0 Å². The lowest BCUT2D eigenvalue weighted by Gasteiger charge is -2.31. The molecule has 1 aromatic heterocycles. The van der Waals surface area contributed by atoms with E-state index in [-0.39, 0.29) is 18.2 Å². The van der Waals surface area contributed by atoms with E-state index in [1.165, 1.54) is 9.18 Å². The molecule has 188 valence electrons. The number of morpholine rings is 1. The molecule has 1 aromatic carbocycles. The number of benzene rings is 1. The Morgan fingerprint density at radius 3 is 2.47 bits per heavy atom. The lowest BCUT2D eigenvalue weighted by Crippen LogP contribution is -2.47. The minimum atomic E-state index is -3.52.